The molecule has 2 aromatic rings. The summed E-state index contributed by atoms with van der Waals surface area (Å²) in [5.41, 5.74) is 2.36. The van der Waals surface area contributed by atoms with E-state index in [-0.39, 0.29) is 4.88 Å². The normalized spacial score (nSPS) is 11.0. The number of carboxylic acid groups (broad SMARTS) is 1. The predicted octanol–water partition coefficient (Wildman–Crippen LogP) is 3.39. The second-order valence-electron chi connectivity index (χ2n) is 4.17. The Kier molecular flexibility index (Phi) is 4.72. The molecule has 0 aliphatic carbocycles. The minimum Gasteiger partial charge on any atom is -0.477 e. The molecule has 8 heteroatoms. The second-order valence-corrected chi connectivity index (χ2v) is 6.77. The summed E-state index contributed by atoms with van der Waals surface area (Å²) in [5, 5.41) is 14.1. The fourth-order valence-electron chi connectivity index (χ4n) is 1.74. The van der Waals surface area contributed by atoms with Gasteiger partial charge in [0.05, 0.1) is 22.1 Å². The molecule has 0 aliphatic rings. The number of carboxylic acids is 1. The summed E-state index contributed by atoms with van der Waals surface area (Å²) in [4.78, 5) is 15.5. The maximum atomic E-state index is 11.0. The van der Waals surface area contributed by atoms with Gasteiger partial charge in [-0.05, 0) is 13.3 Å². The SMILES string of the molecule is CCc1nn(C)c(CSc2nc(C)c(C(=O)O)s2)c1Cl. The third-order valence-electron chi connectivity index (χ3n) is 2.81. The van der Waals surface area contributed by atoms with E-state index >= 15 is 0 Å². The first-order valence-corrected chi connectivity index (χ1v) is 8.15. The van der Waals surface area contributed by atoms with E-state index in [4.69, 9.17) is 16.7 Å². The van der Waals surface area contributed by atoms with Crippen LogP contribution in [-0.2, 0) is 19.2 Å². The lowest BCUT2D eigenvalue weighted by molar-refractivity contribution is 0.0701. The third-order valence-corrected chi connectivity index (χ3v) is 5.54. The van der Waals surface area contributed by atoms with Crippen molar-refractivity contribution in [1.82, 2.24) is 14.8 Å². The minimum atomic E-state index is -0.932. The number of hydrogen-bond donors (Lipinski definition) is 1. The van der Waals surface area contributed by atoms with E-state index in [1.54, 1.807) is 11.6 Å². The van der Waals surface area contributed by atoms with Crippen molar-refractivity contribution >= 4 is 40.7 Å². The van der Waals surface area contributed by atoms with Crippen LogP contribution < -0.4 is 0 Å². The smallest absolute Gasteiger partial charge is 0.347 e. The standard InChI is InChI=1S/C12H14ClN3O2S2/c1-4-7-9(13)8(16(3)15-7)5-19-12-14-6(2)10(20-12)11(17)18/h4-5H2,1-3H3,(H,17,18). The highest BCUT2D eigenvalue weighted by molar-refractivity contribution is 8.00. The molecule has 0 bridgehead atoms. The van der Waals surface area contributed by atoms with Crippen molar-refractivity contribution in [1.29, 1.82) is 0 Å². The highest BCUT2D eigenvalue weighted by Crippen LogP contribution is 2.32. The molecule has 0 atom stereocenters. The number of nitrogens with zero attached hydrogens (tertiary/aromatic N) is 3. The van der Waals surface area contributed by atoms with Gasteiger partial charge in [-0.15, -0.1) is 11.3 Å². The van der Waals surface area contributed by atoms with Crippen molar-refractivity contribution in [3.05, 3.63) is 27.0 Å². The van der Waals surface area contributed by atoms with Gasteiger partial charge in [0.2, 0.25) is 0 Å². The summed E-state index contributed by atoms with van der Waals surface area (Å²) in [6.45, 7) is 3.71. The van der Waals surface area contributed by atoms with Gasteiger partial charge in [0.1, 0.15) is 4.88 Å². The molecule has 0 saturated heterocycles. The van der Waals surface area contributed by atoms with Crippen molar-refractivity contribution in [2.24, 2.45) is 7.05 Å². The summed E-state index contributed by atoms with van der Waals surface area (Å²) in [7, 11) is 1.86. The molecule has 0 amide bonds. The van der Waals surface area contributed by atoms with Crippen LogP contribution in [0.2, 0.25) is 5.02 Å². The van der Waals surface area contributed by atoms with Crippen LogP contribution in [0.3, 0.4) is 0 Å². The lowest BCUT2D eigenvalue weighted by atomic mass is 10.3. The zero-order chi connectivity index (χ0) is 14.9. The molecule has 0 spiro atoms. The van der Waals surface area contributed by atoms with Gasteiger partial charge in [-0.1, -0.05) is 30.3 Å². The molecule has 2 rings (SSSR count). The van der Waals surface area contributed by atoms with Crippen LogP contribution in [0.4, 0.5) is 0 Å². The van der Waals surface area contributed by atoms with Gasteiger partial charge in [-0.3, -0.25) is 4.68 Å². The first-order chi connectivity index (χ1) is 9.43. The Hall–Kier alpha value is -1.05. The number of aromatic carboxylic acids is 1. The molecule has 5 nitrogen and oxygen atoms in total. The van der Waals surface area contributed by atoms with E-state index < -0.39 is 5.97 Å². The average molecular weight is 332 g/mol. The van der Waals surface area contributed by atoms with Crippen LogP contribution in [-0.4, -0.2) is 25.8 Å². The van der Waals surface area contributed by atoms with Gasteiger partial charge in [-0.25, -0.2) is 9.78 Å². The molecule has 20 heavy (non-hydrogen) atoms. The quantitative estimate of drug-likeness (QED) is 0.850. The number of rotatable bonds is 5. The van der Waals surface area contributed by atoms with E-state index in [1.807, 2.05) is 14.0 Å². The molecule has 0 unspecified atom stereocenters. The highest BCUT2D eigenvalue weighted by Gasteiger charge is 2.17. The van der Waals surface area contributed by atoms with Crippen molar-refractivity contribution in [3.63, 3.8) is 0 Å². The molecule has 0 fully saturated rings. The highest BCUT2D eigenvalue weighted by atomic mass is 35.5. The largest absolute Gasteiger partial charge is 0.477 e. The number of carbonyl (C=O) groups is 1. The average Bonchev–Trinajstić information content (AvgIpc) is 2.88. The Morgan fingerprint density at radius 2 is 2.25 bits per heavy atom. The Morgan fingerprint density at radius 1 is 1.55 bits per heavy atom. The Balaban J connectivity index is 2.15. The van der Waals surface area contributed by atoms with Crippen molar-refractivity contribution in [2.45, 2.75) is 30.4 Å². The fourth-order valence-corrected chi connectivity index (χ4v) is 4.27. The number of aromatic nitrogens is 3. The number of aryl methyl sites for hydroxylation is 3. The van der Waals surface area contributed by atoms with E-state index in [9.17, 15) is 4.79 Å². The van der Waals surface area contributed by atoms with E-state index in [1.165, 1.54) is 23.1 Å². The van der Waals surface area contributed by atoms with Gasteiger partial charge < -0.3 is 5.11 Å². The lowest BCUT2D eigenvalue weighted by Crippen LogP contribution is -1.96. The number of thiazole rings is 1. The molecular weight excluding hydrogens is 318 g/mol. The molecule has 0 aromatic carbocycles. The van der Waals surface area contributed by atoms with Gasteiger partial charge in [0.15, 0.2) is 4.34 Å². The lowest BCUT2D eigenvalue weighted by Gasteiger charge is -2.00. The topological polar surface area (TPSA) is 68.0 Å². The Labute approximate surface area is 130 Å². The summed E-state index contributed by atoms with van der Waals surface area (Å²) < 4.78 is 2.50. The van der Waals surface area contributed by atoms with Crippen molar-refractivity contribution in [3.8, 4) is 0 Å². The second kappa shape index (κ2) is 6.15. The summed E-state index contributed by atoms with van der Waals surface area (Å²) >= 11 is 8.94. The van der Waals surface area contributed by atoms with Gasteiger partial charge in [0.25, 0.3) is 0 Å². The van der Waals surface area contributed by atoms with Crippen LogP contribution in [0.5, 0.6) is 0 Å². The third kappa shape index (κ3) is 2.99. The summed E-state index contributed by atoms with van der Waals surface area (Å²) in [5.74, 6) is -0.312. The molecule has 2 heterocycles. The van der Waals surface area contributed by atoms with Gasteiger partial charge in [-0.2, -0.15) is 5.10 Å². The summed E-state index contributed by atoms with van der Waals surface area (Å²) in [6, 6.07) is 0. The maximum Gasteiger partial charge on any atom is 0.347 e. The number of halogens is 1. The molecule has 0 saturated carbocycles. The van der Waals surface area contributed by atoms with Crippen LogP contribution in [0.15, 0.2) is 4.34 Å². The fraction of sp³-hybridized carbons (Fsp3) is 0.417. The predicted molar refractivity (Wildman–Crippen MR) is 81.0 cm³/mol. The molecule has 2 aromatic heterocycles. The first-order valence-electron chi connectivity index (χ1n) is 5.97. The van der Waals surface area contributed by atoms with Crippen molar-refractivity contribution < 1.29 is 9.90 Å². The van der Waals surface area contributed by atoms with E-state index in [2.05, 4.69) is 10.1 Å². The molecule has 0 aliphatic heterocycles. The number of thioether (sulfide) groups is 1. The maximum absolute atomic E-state index is 11.0. The minimum absolute atomic E-state index is 0.290. The zero-order valence-corrected chi connectivity index (χ0v) is 13.7. The Bertz CT molecular complexity index is 651. The first kappa shape index (κ1) is 15.3. The Morgan fingerprint density at radius 3 is 2.75 bits per heavy atom. The molecule has 0 radical (unpaired) electrons. The van der Waals surface area contributed by atoms with Crippen molar-refractivity contribution in [2.75, 3.05) is 0 Å². The number of hydrogen-bond acceptors (Lipinski definition) is 5. The van der Waals surface area contributed by atoms with Gasteiger partial charge in [0, 0.05) is 12.8 Å². The van der Waals surface area contributed by atoms with E-state index in [0.717, 1.165) is 22.1 Å². The zero-order valence-electron chi connectivity index (χ0n) is 11.3. The van der Waals surface area contributed by atoms with Crippen LogP contribution >= 0.6 is 34.7 Å². The van der Waals surface area contributed by atoms with Crippen LogP contribution in [0, 0.1) is 6.92 Å². The molecule has 108 valence electrons. The molecule has 1 N–H and O–H groups in total. The summed E-state index contributed by atoms with van der Waals surface area (Å²) in [6.07, 6.45) is 0.789. The monoisotopic (exact) mass is 331 g/mol. The van der Waals surface area contributed by atoms with Gasteiger partial charge >= 0.3 is 5.97 Å². The van der Waals surface area contributed by atoms with Crippen LogP contribution in [0.25, 0.3) is 0 Å². The van der Waals surface area contributed by atoms with Crippen LogP contribution in [0.1, 0.15) is 33.7 Å². The molecular formula is C12H14ClN3O2S2. The van der Waals surface area contributed by atoms with E-state index in [0.29, 0.717) is 16.5 Å².